The molecule has 1 aliphatic rings. The average Bonchev–Trinajstić information content (AvgIpc) is 2.82. The zero-order valence-electron chi connectivity index (χ0n) is 12.1. The summed E-state index contributed by atoms with van der Waals surface area (Å²) in [6.07, 6.45) is 3.74. The van der Waals surface area contributed by atoms with Crippen LogP contribution in [0.1, 0.15) is 44.7 Å². The van der Waals surface area contributed by atoms with Crippen molar-refractivity contribution in [3.05, 3.63) is 29.6 Å². The van der Waals surface area contributed by atoms with Crippen molar-refractivity contribution >= 4 is 0 Å². The fraction of sp³-hybridized carbons (Fsp3) is 0.625. The smallest absolute Gasteiger partial charge is 0.165 e. The van der Waals surface area contributed by atoms with Gasteiger partial charge in [0.25, 0.3) is 0 Å². The van der Waals surface area contributed by atoms with E-state index in [1.54, 1.807) is 12.1 Å². The second-order valence-electron chi connectivity index (χ2n) is 5.61. The minimum atomic E-state index is -0.269. The fourth-order valence-corrected chi connectivity index (χ4v) is 3.21. The molecule has 0 spiro atoms. The van der Waals surface area contributed by atoms with Crippen LogP contribution in [0.15, 0.2) is 18.2 Å². The predicted molar refractivity (Wildman–Crippen MR) is 75.9 cm³/mol. The van der Waals surface area contributed by atoms with Gasteiger partial charge in [0.15, 0.2) is 11.6 Å². The third kappa shape index (κ3) is 3.27. The van der Waals surface area contributed by atoms with Crippen LogP contribution in [0.4, 0.5) is 4.39 Å². The second-order valence-corrected chi connectivity index (χ2v) is 5.61. The van der Waals surface area contributed by atoms with Gasteiger partial charge in [0.1, 0.15) is 0 Å². The Morgan fingerprint density at radius 2 is 2.21 bits per heavy atom. The second kappa shape index (κ2) is 6.38. The lowest BCUT2D eigenvalue weighted by Crippen LogP contribution is -2.27. The highest BCUT2D eigenvalue weighted by Gasteiger charge is 2.29. The molecule has 0 aliphatic heterocycles. The molecular formula is C16H24FNO. The molecule has 19 heavy (non-hydrogen) atoms. The molecule has 0 heterocycles. The first-order valence-corrected chi connectivity index (χ1v) is 7.22. The van der Waals surface area contributed by atoms with Crippen molar-refractivity contribution in [2.75, 3.05) is 13.7 Å². The number of hydrogen-bond donors (Lipinski definition) is 1. The summed E-state index contributed by atoms with van der Waals surface area (Å²) in [7, 11) is 1.50. The van der Waals surface area contributed by atoms with Crippen molar-refractivity contribution in [2.45, 2.75) is 39.2 Å². The van der Waals surface area contributed by atoms with Gasteiger partial charge in [-0.05, 0) is 48.9 Å². The van der Waals surface area contributed by atoms with Crippen LogP contribution in [-0.2, 0) is 0 Å². The van der Waals surface area contributed by atoms with Crippen LogP contribution >= 0.6 is 0 Å². The highest BCUT2D eigenvalue weighted by atomic mass is 19.1. The highest BCUT2D eigenvalue weighted by molar-refractivity contribution is 5.31. The van der Waals surface area contributed by atoms with Crippen molar-refractivity contribution in [3.63, 3.8) is 0 Å². The van der Waals surface area contributed by atoms with E-state index in [9.17, 15) is 4.39 Å². The molecule has 3 heteroatoms. The monoisotopic (exact) mass is 265 g/mol. The number of ether oxygens (including phenoxy) is 1. The minimum Gasteiger partial charge on any atom is -0.494 e. The van der Waals surface area contributed by atoms with Crippen molar-refractivity contribution in [2.24, 2.45) is 11.8 Å². The standard InChI is InChI=1S/C16H24FNO/c1-4-18-16(12-6-5-11(2)9-12)13-7-8-15(19-3)14(17)10-13/h7-8,10-12,16,18H,4-6,9H2,1-3H3. The summed E-state index contributed by atoms with van der Waals surface area (Å²) in [5.41, 5.74) is 1.04. The topological polar surface area (TPSA) is 21.3 Å². The summed E-state index contributed by atoms with van der Waals surface area (Å²) in [5.74, 6) is 1.45. The Morgan fingerprint density at radius 1 is 1.42 bits per heavy atom. The Balaban J connectivity index is 2.21. The maximum absolute atomic E-state index is 13.9. The number of benzene rings is 1. The normalized spacial score (nSPS) is 24.4. The van der Waals surface area contributed by atoms with Crippen LogP contribution < -0.4 is 10.1 Å². The van der Waals surface area contributed by atoms with E-state index in [0.717, 1.165) is 18.0 Å². The SMILES string of the molecule is CCNC(c1ccc(OC)c(F)c1)C1CCC(C)C1. The number of methoxy groups -OCH3 is 1. The van der Waals surface area contributed by atoms with E-state index in [-0.39, 0.29) is 11.9 Å². The molecule has 2 nitrogen and oxygen atoms in total. The Kier molecular flexibility index (Phi) is 4.81. The van der Waals surface area contributed by atoms with E-state index in [4.69, 9.17) is 4.74 Å². The molecule has 1 saturated carbocycles. The quantitative estimate of drug-likeness (QED) is 0.871. The molecule has 0 bridgehead atoms. The lowest BCUT2D eigenvalue weighted by Gasteiger charge is -2.25. The minimum absolute atomic E-state index is 0.260. The molecule has 0 radical (unpaired) electrons. The van der Waals surface area contributed by atoms with E-state index in [1.165, 1.54) is 26.4 Å². The van der Waals surface area contributed by atoms with Crippen molar-refractivity contribution < 1.29 is 9.13 Å². The molecule has 0 amide bonds. The van der Waals surface area contributed by atoms with Gasteiger partial charge in [-0.3, -0.25) is 0 Å². The average molecular weight is 265 g/mol. The zero-order chi connectivity index (χ0) is 13.8. The molecule has 1 fully saturated rings. The van der Waals surface area contributed by atoms with Gasteiger partial charge in [-0.15, -0.1) is 0 Å². The van der Waals surface area contributed by atoms with E-state index >= 15 is 0 Å². The molecule has 1 N–H and O–H groups in total. The lowest BCUT2D eigenvalue weighted by molar-refractivity contribution is 0.359. The van der Waals surface area contributed by atoms with Gasteiger partial charge in [0.2, 0.25) is 0 Å². The zero-order valence-corrected chi connectivity index (χ0v) is 12.1. The van der Waals surface area contributed by atoms with E-state index in [1.807, 2.05) is 6.07 Å². The first kappa shape index (κ1) is 14.3. The number of hydrogen-bond acceptors (Lipinski definition) is 2. The third-order valence-electron chi connectivity index (χ3n) is 4.17. The molecule has 1 aromatic carbocycles. The number of rotatable bonds is 5. The highest BCUT2D eigenvalue weighted by Crippen LogP contribution is 2.39. The van der Waals surface area contributed by atoms with E-state index < -0.39 is 0 Å². The summed E-state index contributed by atoms with van der Waals surface area (Å²) in [6, 6.07) is 5.59. The van der Waals surface area contributed by atoms with Crippen LogP contribution in [0.3, 0.4) is 0 Å². The van der Waals surface area contributed by atoms with Gasteiger partial charge in [-0.25, -0.2) is 4.39 Å². The van der Waals surface area contributed by atoms with Crippen molar-refractivity contribution in [1.29, 1.82) is 0 Å². The summed E-state index contributed by atoms with van der Waals surface area (Å²) in [5, 5.41) is 3.52. The van der Waals surface area contributed by atoms with E-state index in [2.05, 4.69) is 19.2 Å². The van der Waals surface area contributed by atoms with Crippen molar-refractivity contribution in [1.82, 2.24) is 5.32 Å². The van der Waals surface area contributed by atoms with Crippen molar-refractivity contribution in [3.8, 4) is 5.75 Å². The van der Waals surface area contributed by atoms with Gasteiger partial charge in [0.05, 0.1) is 7.11 Å². The van der Waals surface area contributed by atoms with Gasteiger partial charge < -0.3 is 10.1 Å². The Morgan fingerprint density at radius 3 is 2.74 bits per heavy atom. The van der Waals surface area contributed by atoms with Gasteiger partial charge in [-0.2, -0.15) is 0 Å². The predicted octanol–water partition coefficient (Wildman–Crippen LogP) is 3.92. The van der Waals surface area contributed by atoms with E-state index in [0.29, 0.717) is 11.7 Å². The molecule has 3 unspecified atom stereocenters. The number of halogens is 1. The molecular weight excluding hydrogens is 241 g/mol. The van der Waals surface area contributed by atoms with Crippen LogP contribution in [-0.4, -0.2) is 13.7 Å². The molecule has 1 aliphatic carbocycles. The van der Waals surface area contributed by atoms with Crippen LogP contribution in [0.2, 0.25) is 0 Å². The first-order valence-electron chi connectivity index (χ1n) is 7.22. The summed E-state index contributed by atoms with van der Waals surface area (Å²) in [4.78, 5) is 0. The Bertz CT molecular complexity index is 421. The maximum atomic E-state index is 13.9. The maximum Gasteiger partial charge on any atom is 0.165 e. The largest absolute Gasteiger partial charge is 0.494 e. The molecule has 1 aromatic rings. The summed E-state index contributed by atoms with van der Waals surface area (Å²) in [6.45, 7) is 5.31. The molecule has 106 valence electrons. The number of nitrogens with one attached hydrogen (secondary N) is 1. The lowest BCUT2D eigenvalue weighted by atomic mass is 9.90. The van der Waals surface area contributed by atoms with Gasteiger partial charge in [-0.1, -0.05) is 26.3 Å². The molecule has 3 atom stereocenters. The first-order chi connectivity index (χ1) is 9.15. The molecule has 0 saturated heterocycles. The van der Waals surface area contributed by atoms with Gasteiger partial charge >= 0.3 is 0 Å². The molecule has 2 rings (SSSR count). The fourth-order valence-electron chi connectivity index (χ4n) is 3.21. The summed E-state index contributed by atoms with van der Waals surface area (Å²) >= 11 is 0. The van der Waals surface area contributed by atoms with Crippen LogP contribution in [0, 0.1) is 17.7 Å². The summed E-state index contributed by atoms with van der Waals surface area (Å²) < 4.78 is 18.8. The van der Waals surface area contributed by atoms with Crippen LogP contribution in [0.5, 0.6) is 5.75 Å². The third-order valence-corrected chi connectivity index (χ3v) is 4.17. The van der Waals surface area contributed by atoms with Crippen LogP contribution in [0.25, 0.3) is 0 Å². The Labute approximate surface area is 115 Å². The Hall–Kier alpha value is -1.09. The van der Waals surface area contributed by atoms with Gasteiger partial charge in [0, 0.05) is 6.04 Å². The molecule has 0 aromatic heterocycles.